The van der Waals surface area contributed by atoms with Gasteiger partial charge in [0.05, 0.1) is 11.4 Å². The van der Waals surface area contributed by atoms with Crippen molar-refractivity contribution in [3.63, 3.8) is 0 Å². The molecule has 3 rings (SSSR count). The Morgan fingerprint density at radius 1 is 1.24 bits per heavy atom. The van der Waals surface area contributed by atoms with E-state index in [0.29, 0.717) is 6.04 Å². The van der Waals surface area contributed by atoms with Crippen molar-refractivity contribution < 1.29 is 0 Å². The van der Waals surface area contributed by atoms with Crippen LogP contribution < -0.4 is 5.32 Å². The Hall–Kier alpha value is -1.88. The van der Waals surface area contributed by atoms with Crippen molar-refractivity contribution >= 4 is 5.69 Å². The zero-order chi connectivity index (χ0) is 14.5. The summed E-state index contributed by atoms with van der Waals surface area (Å²) < 4.78 is 1.81. The molecule has 0 radical (unpaired) electrons. The molecule has 1 aromatic heterocycles. The first-order valence-corrected chi connectivity index (χ1v) is 7.79. The third-order valence-corrected chi connectivity index (χ3v) is 4.06. The SMILES string of the molecule is CCCN1CCC(Nc2ccccc2-n2cncn2)CC1. The molecule has 0 bridgehead atoms. The second-order valence-electron chi connectivity index (χ2n) is 5.62. The van der Waals surface area contributed by atoms with E-state index in [2.05, 4.69) is 45.4 Å². The molecular weight excluding hydrogens is 262 g/mol. The highest BCUT2D eigenvalue weighted by Gasteiger charge is 2.19. The summed E-state index contributed by atoms with van der Waals surface area (Å²) in [4.78, 5) is 6.59. The van der Waals surface area contributed by atoms with Crippen LogP contribution in [-0.4, -0.2) is 45.3 Å². The van der Waals surface area contributed by atoms with Crippen molar-refractivity contribution in [3.05, 3.63) is 36.9 Å². The van der Waals surface area contributed by atoms with E-state index in [1.165, 1.54) is 38.9 Å². The molecule has 0 amide bonds. The minimum Gasteiger partial charge on any atom is -0.380 e. The predicted molar refractivity (Wildman–Crippen MR) is 84.7 cm³/mol. The number of piperidine rings is 1. The number of aromatic nitrogens is 3. The van der Waals surface area contributed by atoms with Gasteiger partial charge in [0, 0.05) is 19.1 Å². The first-order valence-electron chi connectivity index (χ1n) is 7.79. The van der Waals surface area contributed by atoms with Gasteiger partial charge in [0.25, 0.3) is 0 Å². The Balaban J connectivity index is 1.66. The summed E-state index contributed by atoms with van der Waals surface area (Å²) in [6.07, 6.45) is 6.95. The number of hydrogen-bond acceptors (Lipinski definition) is 4. The molecule has 1 saturated heterocycles. The number of nitrogens with one attached hydrogen (secondary N) is 1. The molecule has 5 nitrogen and oxygen atoms in total. The van der Waals surface area contributed by atoms with Gasteiger partial charge in [-0.15, -0.1) is 0 Å². The van der Waals surface area contributed by atoms with E-state index in [1.54, 1.807) is 12.7 Å². The van der Waals surface area contributed by atoms with Gasteiger partial charge in [0.1, 0.15) is 12.7 Å². The van der Waals surface area contributed by atoms with E-state index < -0.39 is 0 Å². The lowest BCUT2D eigenvalue weighted by molar-refractivity contribution is 0.219. The lowest BCUT2D eigenvalue weighted by atomic mass is 10.0. The number of anilines is 1. The summed E-state index contributed by atoms with van der Waals surface area (Å²) in [5, 5.41) is 7.92. The Morgan fingerprint density at radius 3 is 2.76 bits per heavy atom. The standard InChI is InChI=1S/C16H23N5/c1-2-9-20-10-7-14(8-11-20)19-15-5-3-4-6-16(15)21-13-17-12-18-21/h3-6,12-14,19H,2,7-11H2,1H3. The first-order chi connectivity index (χ1) is 10.4. The van der Waals surface area contributed by atoms with Gasteiger partial charge < -0.3 is 10.2 Å². The summed E-state index contributed by atoms with van der Waals surface area (Å²) in [6, 6.07) is 8.84. The molecule has 0 atom stereocenters. The van der Waals surface area contributed by atoms with Crippen LogP contribution in [0.25, 0.3) is 5.69 Å². The third kappa shape index (κ3) is 3.42. The zero-order valence-corrected chi connectivity index (χ0v) is 12.6. The highest BCUT2D eigenvalue weighted by Crippen LogP contribution is 2.22. The molecule has 0 spiro atoms. The third-order valence-electron chi connectivity index (χ3n) is 4.06. The summed E-state index contributed by atoms with van der Waals surface area (Å²) in [6.45, 7) is 5.86. The van der Waals surface area contributed by atoms with Crippen molar-refractivity contribution in [1.29, 1.82) is 0 Å². The molecule has 112 valence electrons. The number of likely N-dealkylation sites (tertiary alicyclic amines) is 1. The quantitative estimate of drug-likeness (QED) is 0.917. The van der Waals surface area contributed by atoms with E-state index in [4.69, 9.17) is 0 Å². The van der Waals surface area contributed by atoms with Crippen molar-refractivity contribution in [2.24, 2.45) is 0 Å². The van der Waals surface area contributed by atoms with Crippen LogP contribution in [0.2, 0.25) is 0 Å². The average molecular weight is 285 g/mol. The van der Waals surface area contributed by atoms with Gasteiger partial charge in [-0.05, 0) is 37.9 Å². The van der Waals surface area contributed by atoms with Gasteiger partial charge in [-0.1, -0.05) is 19.1 Å². The number of para-hydroxylation sites is 2. The summed E-state index contributed by atoms with van der Waals surface area (Å²) >= 11 is 0. The number of benzene rings is 1. The fraction of sp³-hybridized carbons (Fsp3) is 0.500. The average Bonchev–Trinajstić information content (AvgIpc) is 3.04. The van der Waals surface area contributed by atoms with Crippen LogP contribution in [0.3, 0.4) is 0 Å². The molecule has 1 aromatic carbocycles. The van der Waals surface area contributed by atoms with Crippen LogP contribution >= 0.6 is 0 Å². The molecule has 2 aromatic rings. The second-order valence-corrected chi connectivity index (χ2v) is 5.62. The molecule has 5 heteroatoms. The molecular formula is C16H23N5. The topological polar surface area (TPSA) is 46.0 Å². The van der Waals surface area contributed by atoms with Crippen LogP contribution in [0.5, 0.6) is 0 Å². The summed E-state index contributed by atoms with van der Waals surface area (Å²) in [5.41, 5.74) is 2.20. The molecule has 1 aliphatic rings. The lowest BCUT2D eigenvalue weighted by Crippen LogP contribution is -2.39. The molecule has 0 saturated carbocycles. The molecule has 1 aliphatic heterocycles. The van der Waals surface area contributed by atoms with Crippen LogP contribution in [0.1, 0.15) is 26.2 Å². The van der Waals surface area contributed by atoms with Crippen molar-refractivity contribution in [2.45, 2.75) is 32.2 Å². The number of hydrogen-bond donors (Lipinski definition) is 1. The van der Waals surface area contributed by atoms with E-state index in [-0.39, 0.29) is 0 Å². The second kappa shape index (κ2) is 6.72. The first kappa shape index (κ1) is 14.1. The van der Waals surface area contributed by atoms with Gasteiger partial charge in [-0.25, -0.2) is 9.67 Å². The molecule has 2 heterocycles. The van der Waals surface area contributed by atoms with Gasteiger partial charge in [0.15, 0.2) is 0 Å². The number of nitrogens with zero attached hydrogens (tertiary/aromatic N) is 4. The van der Waals surface area contributed by atoms with Crippen LogP contribution in [0.4, 0.5) is 5.69 Å². The monoisotopic (exact) mass is 285 g/mol. The van der Waals surface area contributed by atoms with Crippen LogP contribution in [0.15, 0.2) is 36.9 Å². The van der Waals surface area contributed by atoms with Gasteiger partial charge in [-0.3, -0.25) is 0 Å². The Labute approximate surface area is 126 Å². The zero-order valence-electron chi connectivity index (χ0n) is 12.6. The normalized spacial score (nSPS) is 17.0. The largest absolute Gasteiger partial charge is 0.380 e. The molecule has 1 N–H and O–H groups in total. The maximum atomic E-state index is 4.23. The highest BCUT2D eigenvalue weighted by molar-refractivity contribution is 5.60. The van der Waals surface area contributed by atoms with Crippen LogP contribution in [-0.2, 0) is 0 Å². The molecule has 1 fully saturated rings. The van der Waals surface area contributed by atoms with E-state index in [9.17, 15) is 0 Å². The van der Waals surface area contributed by atoms with E-state index in [0.717, 1.165) is 11.4 Å². The van der Waals surface area contributed by atoms with E-state index in [1.807, 2.05) is 10.7 Å². The summed E-state index contributed by atoms with van der Waals surface area (Å²) in [5.74, 6) is 0. The maximum absolute atomic E-state index is 4.23. The van der Waals surface area contributed by atoms with E-state index >= 15 is 0 Å². The van der Waals surface area contributed by atoms with Gasteiger partial charge in [-0.2, -0.15) is 5.10 Å². The molecule has 0 unspecified atom stereocenters. The maximum Gasteiger partial charge on any atom is 0.138 e. The fourth-order valence-corrected chi connectivity index (χ4v) is 2.97. The smallest absolute Gasteiger partial charge is 0.138 e. The van der Waals surface area contributed by atoms with Gasteiger partial charge >= 0.3 is 0 Å². The fourth-order valence-electron chi connectivity index (χ4n) is 2.97. The van der Waals surface area contributed by atoms with Crippen molar-refractivity contribution in [2.75, 3.05) is 25.0 Å². The summed E-state index contributed by atoms with van der Waals surface area (Å²) in [7, 11) is 0. The Bertz CT molecular complexity index is 544. The predicted octanol–water partition coefficient (Wildman–Crippen LogP) is 2.55. The Morgan fingerprint density at radius 2 is 2.05 bits per heavy atom. The Kier molecular flexibility index (Phi) is 4.50. The highest BCUT2D eigenvalue weighted by atomic mass is 15.3. The van der Waals surface area contributed by atoms with Gasteiger partial charge in [0.2, 0.25) is 0 Å². The van der Waals surface area contributed by atoms with Crippen molar-refractivity contribution in [3.8, 4) is 5.69 Å². The molecule has 21 heavy (non-hydrogen) atoms. The minimum absolute atomic E-state index is 0.544. The lowest BCUT2D eigenvalue weighted by Gasteiger charge is -2.33. The molecule has 0 aliphatic carbocycles. The van der Waals surface area contributed by atoms with Crippen molar-refractivity contribution in [1.82, 2.24) is 19.7 Å². The number of rotatable bonds is 5. The minimum atomic E-state index is 0.544. The van der Waals surface area contributed by atoms with Crippen LogP contribution in [0, 0.1) is 0 Å².